The van der Waals surface area contributed by atoms with Crippen LogP contribution in [0.4, 0.5) is 0 Å². The number of aromatic nitrogens is 1. The minimum absolute atomic E-state index is 0.402. The predicted molar refractivity (Wildman–Crippen MR) is 66.1 cm³/mol. The van der Waals surface area contributed by atoms with Gasteiger partial charge in [-0.1, -0.05) is 18.2 Å². The lowest BCUT2D eigenvalue weighted by Crippen LogP contribution is -2.42. The second-order valence-electron chi connectivity index (χ2n) is 4.39. The van der Waals surface area contributed by atoms with Crippen molar-refractivity contribution in [3.8, 4) is 0 Å². The van der Waals surface area contributed by atoms with Gasteiger partial charge in [-0.2, -0.15) is 0 Å². The summed E-state index contributed by atoms with van der Waals surface area (Å²) in [5, 5.41) is 13.0. The fourth-order valence-corrected chi connectivity index (χ4v) is 2.60. The first kappa shape index (κ1) is 11.0. The summed E-state index contributed by atoms with van der Waals surface area (Å²) in [6.07, 6.45) is 1.19. The average Bonchev–Trinajstić information content (AvgIpc) is 2.71. The van der Waals surface area contributed by atoms with E-state index in [2.05, 4.69) is 5.32 Å². The summed E-state index contributed by atoms with van der Waals surface area (Å²) in [5.41, 5.74) is 2.66. The molecule has 3 rings (SSSR count). The third-order valence-corrected chi connectivity index (χ3v) is 3.46. The fraction of sp³-hybridized carbons (Fsp3) is 0.231. The van der Waals surface area contributed by atoms with Crippen LogP contribution in [0.1, 0.15) is 11.3 Å². The van der Waals surface area contributed by atoms with Crippen molar-refractivity contribution in [2.45, 2.75) is 19.0 Å². The number of rotatable bonds is 2. The monoisotopic (exact) mass is 244 g/mol. The zero-order chi connectivity index (χ0) is 12.7. The Balaban J connectivity index is 2.22. The van der Waals surface area contributed by atoms with Gasteiger partial charge in [-0.15, -0.1) is 0 Å². The van der Waals surface area contributed by atoms with Crippen molar-refractivity contribution in [3.63, 3.8) is 0 Å². The number of carboxylic acid groups (broad SMARTS) is 1. The second-order valence-corrected chi connectivity index (χ2v) is 4.39. The molecular weight excluding hydrogens is 232 g/mol. The Morgan fingerprint density at radius 3 is 2.94 bits per heavy atom. The Morgan fingerprint density at radius 1 is 1.44 bits per heavy atom. The highest BCUT2D eigenvalue weighted by molar-refractivity contribution is 5.91. The Morgan fingerprint density at radius 2 is 2.22 bits per heavy atom. The molecule has 1 aromatic carbocycles. The van der Waals surface area contributed by atoms with E-state index >= 15 is 0 Å². The number of hydrogen-bond acceptors (Lipinski definition) is 3. The summed E-state index contributed by atoms with van der Waals surface area (Å²) in [5.74, 6) is -0.858. The van der Waals surface area contributed by atoms with Gasteiger partial charge in [0.2, 0.25) is 6.41 Å². The first-order valence-electron chi connectivity index (χ1n) is 5.74. The van der Waals surface area contributed by atoms with Gasteiger partial charge in [0, 0.05) is 24.0 Å². The van der Waals surface area contributed by atoms with Gasteiger partial charge in [0.05, 0.1) is 5.52 Å². The van der Waals surface area contributed by atoms with Gasteiger partial charge in [0.15, 0.2) is 0 Å². The Hall–Kier alpha value is -2.14. The summed E-state index contributed by atoms with van der Waals surface area (Å²) in [6.45, 7) is 0.402. The number of para-hydroxylation sites is 1. The van der Waals surface area contributed by atoms with E-state index in [-0.39, 0.29) is 0 Å². The molecule has 0 amide bonds. The number of carbonyl (C=O) groups excluding carboxylic acids is 1. The molecular formula is C13H12N2O3. The molecule has 5 heteroatoms. The molecule has 5 nitrogen and oxygen atoms in total. The van der Waals surface area contributed by atoms with E-state index in [1.807, 2.05) is 24.3 Å². The van der Waals surface area contributed by atoms with Gasteiger partial charge in [-0.3, -0.25) is 19.5 Å². The van der Waals surface area contributed by atoms with Gasteiger partial charge < -0.3 is 5.11 Å². The summed E-state index contributed by atoms with van der Waals surface area (Å²) < 4.78 is 1.59. The number of benzene rings is 1. The van der Waals surface area contributed by atoms with E-state index in [0.29, 0.717) is 13.0 Å². The molecule has 0 saturated carbocycles. The van der Waals surface area contributed by atoms with Crippen LogP contribution in [0, 0.1) is 0 Å². The van der Waals surface area contributed by atoms with Crippen LogP contribution < -0.4 is 5.32 Å². The molecule has 2 heterocycles. The molecule has 0 saturated heterocycles. The molecule has 2 N–H and O–H groups in total. The van der Waals surface area contributed by atoms with Crippen molar-refractivity contribution >= 4 is 23.3 Å². The molecule has 1 unspecified atom stereocenters. The molecule has 92 valence electrons. The fourth-order valence-electron chi connectivity index (χ4n) is 2.60. The minimum atomic E-state index is -0.858. The van der Waals surface area contributed by atoms with Gasteiger partial charge in [0.25, 0.3) is 0 Å². The normalized spacial score (nSPS) is 18.6. The molecule has 2 aromatic rings. The summed E-state index contributed by atoms with van der Waals surface area (Å²) >= 11 is 0. The Bertz CT molecular complexity index is 645. The Labute approximate surface area is 103 Å². The van der Waals surface area contributed by atoms with Crippen LogP contribution in [-0.4, -0.2) is 28.1 Å². The zero-order valence-corrected chi connectivity index (χ0v) is 9.59. The maximum atomic E-state index is 11.2. The molecule has 0 bridgehead atoms. The quantitative estimate of drug-likeness (QED) is 0.766. The van der Waals surface area contributed by atoms with Crippen LogP contribution in [-0.2, 0) is 22.6 Å². The van der Waals surface area contributed by atoms with Gasteiger partial charge >= 0.3 is 5.97 Å². The van der Waals surface area contributed by atoms with E-state index in [1.165, 1.54) is 0 Å². The first-order chi connectivity index (χ1) is 8.72. The zero-order valence-electron chi connectivity index (χ0n) is 9.59. The summed E-state index contributed by atoms with van der Waals surface area (Å²) in [6, 6.07) is 6.99. The van der Waals surface area contributed by atoms with Crippen molar-refractivity contribution in [2.75, 3.05) is 0 Å². The SMILES string of the molecule is O=Cn1c2c(c3ccccc31)CC(C(=O)O)NC2. The number of nitrogens with zero attached hydrogens (tertiary/aromatic N) is 1. The number of carboxylic acids is 1. The van der Waals surface area contributed by atoms with E-state index in [4.69, 9.17) is 5.11 Å². The van der Waals surface area contributed by atoms with Crippen LogP contribution in [0.15, 0.2) is 24.3 Å². The summed E-state index contributed by atoms with van der Waals surface area (Å²) in [4.78, 5) is 22.2. The lowest BCUT2D eigenvalue weighted by Gasteiger charge is -2.21. The van der Waals surface area contributed by atoms with Crippen LogP contribution >= 0.6 is 0 Å². The van der Waals surface area contributed by atoms with E-state index in [0.717, 1.165) is 28.6 Å². The average molecular weight is 244 g/mol. The number of carbonyl (C=O) groups is 2. The highest BCUT2D eigenvalue weighted by Gasteiger charge is 2.28. The lowest BCUT2D eigenvalue weighted by molar-refractivity contribution is -0.139. The highest BCUT2D eigenvalue weighted by atomic mass is 16.4. The molecule has 1 aromatic heterocycles. The molecule has 0 aliphatic carbocycles. The molecule has 1 atom stereocenters. The smallest absolute Gasteiger partial charge is 0.321 e. The molecule has 0 fully saturated rings. The van der Waals surface area contributed by atoms with Gasteiger partial charge in [-0.25, -0.2) is 0 Å². The van der Waals surface area contributed by atoms with Crippen LogP contribution in [0.5, 0.6) is 0 Å². The maximum absolute atomic E-state index is 11.2. The predicted octanol–water partition coefficient (Wildman–Crippen LogP) is 0.778. The standard InChI is InChI=1S/C13H12N2O3/c16-7-15-11-4-2-1-3-8(11)9-5-10(13(17)18)14-6-12(9)15/h1-4,7,10,14H,5-6H2,(H,17,18). The third-order valence-electron chi connectivity index (χ3n) is 3.46. The number of fused-ring (bicyclic) bond motifs is 3. The van der Waals surface area contributed by atoms with E-state index in [1.54, 1.807) is 4.57 Å². The van der Waals surface area contributed by atoms with Crippen molar-refractivity contribution in [2.24, 2.45) is 0 Å². The second kappa shape index (κ2) is 3.96. The highest BCUT2D eigenvalue weighted by Crippen LogP contribution is 2.28. The van der Waals surface area contributed by atoms with E-state index < -0.39 is 12.0 Å². The van der Waals surface area contributed by atoms with Gasteiger partial charge in [0.1, 0.15) is 6.04 Å². The number of nitrogens with one attached hydrogen (secondary N) is 1. The largest absolute Gasteiger partial charge is 0.480 e. The number of hydrogen-bond donors (Lipinski definition) is 2. The third kappa shape index (κ3) is 1.44. The molecule has 0 radical (unpaired) electrons. The molecule has 0 spiro atoms. The van der Waals surface area contributed by atoms with Crippen molar-refractivity contribution in [1.29, 1.82) is 0 Å². The number of aliphatic carboxylic acids is 1. The molecule has 1 aliphatic heterocycles. The minimum Gasteiger partial charge on any atom is -0.480 e. The van der Waals surface area contributed by atoms with Crippen molar-refractivity contribution in [1.82, 2.24) is 9.88 Å². The molecule has 18 heavy (non-hydrogen) atoms. The Kier molecular flexibility index (Phi) is 2.41. The maximum Gasteiger partial charge on any atom is 0.321 e. The first-order valence-corrected chi connectivity index (χ1v) is 5.74. The summed E-state index contributed by atoms with van der Waals surface area (Å²) in [7, 11) is 0. The van der Waals surface area contributed by atoms with Crippen LogP contribution in [0.2, 0.25) is 0 Å². The van der Waals surface area contributed by atoms with Gasteiger partial charge in [-0.05, 0) is 11.6 Å². The van der Waals surface area contributed by atoms with E-state index in [9.17, 15) is 9.59 Å². The lowest BCUT2D eigenvalue weighted by atomic mass is 9.99. The van der Waals surface area contributed by atoms with Crippen LogP contribution in [0.25, 0.3) is 10.9 Å². The van der Waals surface area contributed by atoms with Crippen molar-refractivity contribution < 1.29 is 14.7 Å². The topological polar surface area (TPSA) is 71.3 Å². The van der Waals surface area contributed by atoms with Crippen LogP contribution in [0.3, 0.4) is 0 Å². The van der Waals surface area contributed by atoms with Crippen molar-refractivity contribution in [3.05, 3.63) is 35.5 Å². The molecule has 1 aliphatic rings.